The number of phenolic OH excluding ortho intramolecular Hbond substituents is 1. The van der Waals surface area contributed by atoms with E-state index in [2.05, 4.69) is 10.6 Å². The van der Waals surface area contributed by atoms with E-state index < -0.39 is 6.03 Å². The molecule has 0 unspecified atom stereocenters. The molecule has 2 rings (SSSR count). The summed E-state index contributed by atoms with van der Waals surface area (Å²) in [6.07, 6.45) is 0. The number of hydrogen-bond donors (Lipinski definition) is 4. The monoisotopic (exact) mass is 311 g/mol. The second-order valence-corrected chi connectivity index (χ2v) is 4.88. The molecule has 0 atom stereocenters. The third-order valence-electron chi connectivity index (χ3n) is 2.40. The molecule has 0 aliphatic carbocycles. The molecule has 2 aromatic carbocycles. The Labute approximate surface area is 125 Å². The Morgan fingerprint density at radius 2 is 1.70 bits per heavy atom. The smallest absolute Gasteiger partial charge is 0.323 e. The topological polar surface area (TPSA) is 87.4 Å². The quantitative estimate of drug-likeness (QED) is 0.500. The number of urea groups is 1. The lowest BCUT2D eigenvalue weighted by molar-refractivity contribution is 0.262. The van der Waals surface area contributed by atoms with Gasteiger partial charge in [-0.1, -0.05) is 23.2 Å². The van der Waals surface area contributed by atoms with E-state index in [1.54, 1.807) is 18.2 Å². The number of nitrogen functional groups attached to an aromatic ring is 1. The zero-order valence-corrected chi connectivity index (χ0v) is 11.7. The highest BCUT2D eigenvalue weighted by molar-refractivity contribution is 6.35. The van der Waals surface area contributed by atoms with Gasteiger partial charge in [-0.05, 0) is 30.3 Å². The van der Waals surface area contributed by atoms with Crippen molar-refractivity contribution in [1.82, 2.24) is 0 Å². The van der Waals surface area contributed by atoms with Crippen molar-refractivity contribution in [2.24, 2.45) is 0 Å². The maximum atomic E-state index is 11.8. The summed E-state index contributed by atoms with van der Waals surface area (Å²) in [5.74, 6) is 0.0232. The second kappa shape index (κ2) is 5.90. The number of carbonyl (C=O) groups excluding carboxylic acids is 1. The van der Waals surface area contributed by atoms with E-state index in [4.69, 9.17) is 28.9 Å². The zero-order chi connectivity index (χ0) is 14.7. The van der Waals surface area contributed by atoms with Gasteiger partial charge in [0.1, 0.15) is 5.75 Å². The third-order valence-corrected chi connectivity index (χ3v) is 2.84. The fourth-order valence-corrected chi connectivity index (χ4v) is 2.10. The van der Waals surface area contributed by atoms with Gasteiger partial charge < -0.3 is 21.5 Å². The number of halogens is 2. The molecule has 0 aromatic heterocycles. The van der Waals surface area contributed by atoms with Crippen molar-refractivity contribution in [1.29, 1.82) is 0 Å². The summed E-state index contributed by atoms with van der Waals surface area (Å²) in [7, 11) is 0. The first-order valence-corrected chi connectivity index (χ1v) is 6.32. The minimum Gasteiger partial charge on any atom is -0.508 e. The van der Waals surface area contributed by atoms with Crippen LogP contribution >= 0.6 is 23.2 Å². The van der Waals surface area contributed by atoms with E-state index in [1.807, 2.05) is 0 Å². The number of nitrogens with one attached hydrogen (secondary N) is 2. The fourth-order valence-electron chi connectivity index (χ4n) is 1.57. The summed E-state index contributed by atoms with van der Waals surface area (Å²) in [6.45, 7) is 0. The summed E-state index contributed by atoms with van der Waals surface area (Å²) in [5, 5.41) is 15.2. The number of benzene rings is 2. The normalized spacial score (nSPS) is 10.1. The minimum atomic E-state index is -0.499. The molecule has 0 aliphatic heterocycles. The highest BCUT2D eigenvalue weighted by Gasteiger charge is 2.07. The van der Waals surface area contributed by atoms with E-state index in [0.29, 0.717) is 21.4 Å². The number of phenols is 1. The Bertz CT molecular complexity index is 642. The minimum absolute atomic E-state index is 0.0232. The zero-order valence-electron chi connectivity index (χ0n) is 10.2. The van der Waals surface area contributed by atoms with Crippen LogP contribution in [0.5, 0.6) is 5.75 Å². The number of nitrogens with two attached hydrogens (primary N) is 1. The number of amides is 2. The van der Waals surface area contributed by atoms with E-state index in [9.17, 15) is 9.90 Å². The standard InChI is InChI=1S/C13H11Cl2N3O2/c14-7-3-8(15)5-9(4-7)17-13(20)18-12-2-1-10(19)6-11(12)16/h1-6,19H,16H2,(H2,17,18,20). The van der Waals surface area contributed by atoms with Crippen LogP contribution in [-0.2, 0) is 0 Å². The predicted molar refractivity (Wildman–Crippen MR) is 81.6 cm³/mol. The van der Waals surface area contributed by atoms with Gasteiger partial charge in [0, 0.05) is 21.8 Å². The van der Waals surface area contributed by atoms with E-state index in [0.717, 1.165) is 0 Å². The van der Waals surface area contributed by atoms with Crippen LogP contribution in [-0.4, -0.2) is 11.1 Å². The van der Waals surface area contributed by atoms with Crippen molar-refractivity contribution < 1.29 is 9.90 Å². The van der Waals surface area contributed by atoms with Gasteiger partial charge in [-0.15, -0.1) is 0 Å². The van der Waals surface area contributed by atoms with Gasteiger partial charge >= 0.3 is 6.03 Å². The van der Waals surface area contributed by atoms with E-state index in [1.165, 1.54) is 18.2 Å². The van der Waals surface area contributed by atoms with Crippen LogP contribution in [0.3, 0.4) is 0 Å². The molecule has 2 amide bonds. The number of anilines is 3. The predicted octanol–water partition coefficient (Wildman–Crippen LogP) is 3.93. The summed E-state index contributed by atoms with van der Waals surface area (Å²) >= 11 is 11.7. The van der Waals surface area contributed by atoms with Crippen molar-refractivity contribution in [3.63, 3.8) is 0 Å². The Kier molecular flexibility index (Phi) is 4.22. The molecule has 0 aliphatic rings. The Morgan fingerprint density at radius 3 is 2.30 bits per heavy atom. The molecule has 5 N–H and O–H groups in total. The first kappa shape index (κ1) is 14.3. The number of rotatable bonds is 2. The van der Waals surface area contributed by atoms with Crippen LogP contribution in [0.2, 0.25) is 10.0 Å². The molecule has 20 heavy (non-hydrogen) atoms. The Balaban J connectivity index is 2.09. The molecule has 0 heterocycles. The number of aromatic hydroxyl groups is 1. The molecule has 0 radical (unpaired) electrons. The van der Waals surface area contributed by atoms with Gasteiger partial charge in [-0.3, -0.25) is 0 Å². The van der Waals surface area contributed by atoms with Crippen LogP contribution in [0.4, 0.5) is 21.9 Å². The fraction of sp³-hybridized carbons (Fsp3) is 0. The molecule has 0 bridgehead atoms. The van der Waals surface area contributed by atoms with Gasteiger partial charge in [0.2, 0.25) is 0 Å². The van der Waals surface area contributed by atoms with Crippen molar-refractivity contribution in [3.05, 3.63) is 46.4 Å². The highest BCUT2D eigenvalue weighted by atomic mass is 35.5. The van der Waals surface area contributed by atoms with Crippen molar-refractivity contribution >= 4 is 46.3 Å². The van der Waals surface area contributed by atoms with Crippen LogP contribution in [0.15, 0.2) is 36.4 Å². The van der Waals surface area contributed by atoms with Gasteiger partial charge in [0.25, 0.3) is 0 Å². The van der Waals surface area contributed by atoms with Gasteiger partial charge in [0.05, 0.1) is 11.4 Å². The summed E-state index contributed by atoms with van der Waals surface area (Å²) in [6, 6.07) is 8.44. The molecule has 104 valence electrons. The van der Waals surface area contributed by atoms with E-state index in [-0.39, 0.29) is 11.4 Å². The maximum absolute atomic E-state index is 11.8. The Hall–Kier alpha value is -2.11. The van der Waals surface area contributed by atoms with Crippen LogP contribution in [0, 0.1) is 0 Å². The first-order valence-electron chi connectivity index (χ1n) is 5.56. The molecule has 2 aromatic rings. The average Bonchev–Trinajstić information content (AvgIpc) is 2.31. The summed E-state index contributed by atoms with van der Waals surface area (Å²) in [5.41, 5.74) is 6.76. The average molecular weight is 312 g/mol. The number of hydrogen-bond acceptors (Lipinski definition) is 3. The van der Waals surface area contributed by atoms with Crippen LogP contribution in [0.25, 0.3) is 0 Å². The van der Waals surface area contributed by atoms with Crippen LogP contribution < -0.4 is 16.4 Å². The van der Waals surface area contributed by atoms with Gasteiger partial charge in [0.15, 0.2) is 0 Å². The second-order valence-electron chi connectivity index (χ2n) is 4.01. The van der Waals surface area contributed by atoms with Crippen molar-refractivity contribution in [3.8, 4) is 5.75 Å². The SMILES string of the molecule is Nc1cc(O)ccc1NC(=O)Nc1cc(Cl)cc(Cl)c1. The first-order chi connectivity index (χ1) is 9.44. The molecule has 0 saturated carbocycles. The molecular formula is C13H11Cl2N3O2. The summed E-state index contributed by atoms with van der Waals surface area (Å²) < 4.78 is 0. The maximum Gasteiger partial charge on any atom is 0.323 e. The molecule has 7 heteroatoms. The lowest BCUT2D eigenvalue weighted by Gasteiger charge is -2.10. The lowest BCUT2D eigenvalue weighted by atomic mass is 10.2. The largest absolute Gasteiger partial charge is 0.508 e. The molecule has 0 saturated heterocycles. The summed E-state index contributed by atoms with van der Waals surface area (Å²) in [4.78, 5) is 11.8. The molecule has 5 nitrogen and oxygen atoms in total. The lowest BCUT2D eigenvalue weighted by Crippen LogP contribution is -2.20. The molecular weight excluding hydrogens is 301 g/mol. The van der Waals surface area contributed by atoms with Gasteiger partial charge in [-0.2, -0.15) is 0 Å². The van der Waals surface area contributed by atoms with Crippen molar-refractivity contribution in [2.45, 2.75) is 0 Å². The molecule has 0 spiro atoms. The highest BCUT2D eigenvalue weighted by Crippen LogP contribution is 2.25. The molecule has 0 fully saturated rings. The van der Waals surface area contributed by atoms with Crippen LogP contribution in [0.1, 0.15) is 0 Å². The Morgan fingerprint density at radius 1 is 1.05 bits per heavy atom. The third kappa shape index (κ3) is 3.69. The van der Waals surface area contributed by atoms with Gasteiger partial charge in [-0.25, -0.2) is 4.79 Å². The van der Waals surface area contributed by atoms with E-state index >= 15 is 0 Å². The number of carbonyl (C=O) groups is 1. The van der Waals surface area contributed by atoms with Crippen molar-refractivity contribution in [2.75, 3.05) is 16.4 Å².